The van der Waals surface area contributed by atoms with Crippen LogP contribution < -0.4 is 0 Å². The smallest absolute Gasteiger partial charge is 0.410 e. The molecule has 0 rings (SSSR count). The van der Waals surface area contributed by atoms with Crippen molar-refractivity contribution in [3.05, 3.63) is 0 Å². The van der Waals surface area contributed by atoms with Crippen LogP contribution in [0.15, 0.2) is 0 Å². The van der Waals surface area contributed by atoms with E-state index in [1.54, 1.807) is 0 Å². The fourth-order valence-electron chi connectivity index (χ4n) is 0.550. The SMILES string of the molecule is CO[Si](O)O[Si](O)O[Si](O)O[Si](O)O[Si](O)O[Si](C)O. The van der Waals surface area contributed by atoms with Crippen molar-refractivity contribution in [3.63, 3.8) is 0 Å². The molecule has 0 aliphatic carbocycles. The molecule has 0 saturated heterocycles. The van der Waals surface area contributed by atoms with E-state index in [0.717, 1.165) is 7.11 Å². The van der Waals surface area contributed by atoms with Crippen LogP contribution in [0.5, 0.6) is 0 Å². The molecule has 116 valence electrons. The van der Waals surface area contributed by atoms with Gasteiger partial charge in [0.2, 0.25) is 0 Å². The third-order valence-electron chi connectivity index (χ3n) is 1.11. The fourth-order valence-corrected chi connectivity index (χ4v) is 6.45. The Balaban J connectivity index is 3.91. The average Bonchev–Trinajstić information content (AvgIpc) is 2.26. The zero-order valence-electron chi connectivity index (χ0n) is 10.1. The summed E-state index contributed by atoms with van der Waals surface area (Å²) in [5.41, 5.74) is 0. The molecule has 20 heavy (non-hydrogen) atoms. The van der Waals surface area contributed by atoms with Crippen molar-refractivity contribution in [2.45, 2.75) is 6.55 Å². The maximum atomic E-state index is 9.23. The Morgan fingerprint density at radius 2 is 0.850 bits per heavy atom. The highest BCUT2D eigenvalue weighted by Crippen LogP contribution is 1.97. The second-order valence-electron chi connectivity index (χ2n) is 2.56. The van der Waals surface area contributed by atoms with Gasteiger partial charge in [-0.05, 0) is 6.55 Å². The lowest BCUT2D eigenvalue weighted by Gasteiger charge is -2.15. The van der Waals surface area contributed by atoms with Crippen molar-refractivity contribution in [1.82, 2.24) is 0 Å². The normalized spacial score (nSPS) is 12.9. The first-order chi connectivity index (χ1) is 9.24. The molecule has 0 saturated carbocycles. The van der Waals surface area contributed by atoms with E-state index in [-0.39, 0.29) is 0 Å². The van der Waals surface area contributed by atoms with Gasteiger partial charge in [0.15, 0.2) is 0 Å². The predicted molar refractivity (Wildman–Crippen MR) is 66.1 cm³/mol. The van der Waals surface area contributed by atoms with Gasteiger partial charge in [0.05, 0.1) is 0 Å². The summed E-state index contributed by atoms with van der Waals surface area (Å²) < 4.78 is 26.6. The molecule has 0 heterocycles. The maximum absolute atomic E-state index is 9.23. The van der Waals surface area contributed by atoms with Gasteiger partial charge < -0.3 is 53.8 Å². The van der Waals surface area contributed by atoms with Gasteiger partial charge in [-0.25, -0.2) is 0 Å². The zero-order valence-corrected chi connectivity index (χ0v) is 16.1. The molecule has 18 heteroatoms. The van der Waals surface area contributed by atoms with Gasteiger partial charge >= 0.3 is 56.9 Å². The Labute approximate surface area is 125 Å². The van der Waals surface area contributed by atoms with Gasteiger partial charge in [0.25, 0.3) is 0 Å². The van der Waals surface area contributed by atoms with Crippen LogP contribution in [0.2, 0.25) is 6.55 Å². The molecule has 0 fully saturated rings. The summed E-state index contributed by atoms with van der Waals surface area (Å²) in [5.74, 6) is 0. The molecule has 6 radical (unpaired) electrons. The summed E-state index contributed by atoms with van der Waals surface area (Å²) in [5, 5.41) is 0. The van der Waals surface area contributed by atoms with Crippen molar-refractivity contribution in [3.8, 4) is 0 Å². The van der Waals surface area contributed by atoms with Crippen LogP contribution in [-0.4, -0.2) is 92.8 Å². The van der Waals surface area contributed by atoms with E-state index in [1.807, 2.05) is 0 Å². The highest BCUT2D eigenvalue weighted by Gasteiger charge is 2.34. The molecule has 0 aromatic carbocycles. The second kappa shape index (κ2) is 11.4. The van der Waals surface area contributed by atoms with E-state index in [0.29, 0.717) is 0 Å². The Morgan fingerprint density at radius 3 is 1.15 bits per heavy atom. The van der Waals surface area contributed by atoms with E-state index < -0.39 is 56.9 Å². The summed E-state index contributed by atoms with van der Waals surface area (Å²) >= 11 is 0. The molecular weight excluding hydrogens is 385 g/mol. The highest BCUT2D eigenvalue weighted by molar-refractivity contribution is 6.63. The summed E-state index contributed by atoms with van der Waals surface area (Å²) in [6, 6.07) is 0. The Morgan fingerprint density at radius 1 is 0.550 bits per heavy atom. The van der Waals surface area contributed by atoms with Crippen molar-refractivity contribution in [2.24, 2.45) is 0 Å². The predicted octanol–water partition coefficient (Wildman–Crippen LogP) is -5.29. The van der Waals surface area contributed by atoms with E-state index in [2.05, 4.69) is 25.0 Å². The Hall–Kier alpha value is 0.821. The van der Waals surface area contributed by atoms with Crippen LogP contribution in [0.4, 0.5) is 0 Å². The number of rotatable bonds is 11. The van der Waals surface area contributed by atoms with Gasteiger partial charge in [0.1, 0.15) is 0 Å². The van der Waals surface area contributed by atoms with Gasteiger partial charge in [-0.2, -0.15) is 0 Å². The lowest BCUT2D eigenvalue weighted by molar-refractivity contribution is 0.154. The number of hydrogen-bond donors (Lipinski definition) is 6. The average molecular weight is 397 g/mol. The van der Waals surface area contributed by atoms with Gasteiger partial charge in [-0.3, -0.25) is 0 Å². The molecular formula is C2H12O12Si6. The lowest BCUT2D eigenvalue weighted by Crippen LogP contribution is -2.45. The minimum absolute atomic E-state index is 1.14. The molecule has 0 spiro atoms. The van der Waals surface area contributed by atoms with Crippen molar-refractivity contribution in [2.75, 3.05) is 7.11 Å². The Kier molecular flexibility index (Phi) is 11.9. The fraction of sp³-hybridized carbons (Fsp3) is 1.00. The summed E-state index contributed by atoms with van der Waals surface area (Å²) in [4.78, 5) is 54.5. The molecule has 0 aliphatic rings. The van der Waals surface area contributed by atoms with E-state index in [9.17, 15) is 9.59 Å². The van der Waals surface area contributed by atoms with Gasteiger partial charge in [-0.15, -0.1) is 0 Å². The highest BCUT2D eigenvalue weighted by atomic mass is 28.5. The van der Waals surface area contributed by atoms with Crippen LogP contribution >= 0.6 is 0 Å². The van der Waals surface area contributed by atoms with Crippen LogP contribution in [0.1, 0.15) is 0 Å². The summed E-state index contributed by atoms with van der Waals surface area (Å²) in [7, 11) is -15.9. The monoisotopic (exact) mass is 396 g/mol. The minimum atomic E-state index is -3.13. The molecule has 0 atom stereocenters. The van der Waals surface area contributed by atoms with Crippen molar-refractivity contribution >= 4 is 56.9 Å². The van der Waals surface area contributed by atoms with Crippen molar-refractivity contribution < 1.29 is 53.8 Å². The zero-order chi connectivity index (χ0) is 15.7. The minimum Gasteiger partial charge on any atom is -0.410 e. The van der Waals surface area contributed by atoms with E-state index in [1.165, 1.54) is 6.55 Å². The quantitative estimate of drug-likeness (QED) is 0.183. The lowest BCUT2D eigenvalue weighted by atomic mass is 11.8. The third-order valence-corrected chi connectivity index (χ3v) is 8.93. The standard InChI is InChI=1S/C2H12O12Si6/c1-9-16(4)11-18(6)13-20(8)14-19(7)12-17(5)10-15(2)3/h3-8H,1-2H3. The molecule has 0 aromatic heterocycles. The largest absolute Gasteiger partial charge is 0.566 e. The van der Waals surface area contributed by atoms with Crippen LogP contribution in [0.3, 0.4) is 0 Å². The van der Waals surface area contributed by atoms with Gasteiger partial charge in [-0.1, -0.05) is 0 Å². The van der Waals surface area contributed by atoms with Gasteiger partial charge in [0, 0.05) is 7.11 Å². The molecule has 0 aromatic rings. The maximum Gasteiger partial charge on any atom is 0.566 e. The Bertz CT molecular complexity index is 244. The first-order valence-electron chi connectivity index (χ1n) is 4.50. The van der Waals surface area contributed by atoms with Crippen LogP contribution in [0.25, 0.3) is 0 Å². The summed E-state index contributed by atoms with van der Waals surface area (Å²) in [6.45, 7) is 1.31. The first kappa shape index (κ1) is 20.8. The molecule has 0 bridgehead atoms. The number of hydrogen-bond acceptors (Lipinski definition) is 12. The van der Waals surface area contributed by atoms with E-state index in [4.69, 9.17) is 19.2 Å². The summed E-state index contributed by atoms with van der Waals surface area (Å²) in [6.07, 6.45) is 0. The molecule has 0 amide bonds. The topological polar surface area (TPSA) is 177 Å². The van der Waals surface area contributed by atoms with Crippen molar-refractivity contribution in [1.29, 1.82) is 0 Å². The first-order valence-corrected chi connectivity index (χ1v) is 12.7. The molecule has 0 unspecified atom stereocenters. The van der Waals surface area contributed by atoms with Crippen LogP contribution in [-0.2, 0) is 25.0 Å². The third kappa shape index (κ3) is 11.5. The van der Waals surface area contributed by atoms with Crippen LogP contribution in [0, 0.1) is 0 Å². The molecule has 6 N–H and O–H groups in total. The van der Waals surface area contributed by atoms with E-state index >= 15 is 0 Å². The second-order valence-corrected chi connectivity index (χ2v) is 10.8. The molecule has 12 nitrogen and oxygen atoms in total. The molecule has 0 aliphatic heterocycles.